The molecule has 3 rings (SSSR count). The van der Waals surface area contributed by atoms with Gasteiger partial charge in [0.2, 0.25) is 5.82 Å². The molecule has 1 heterocycles. The Balaban J connectivity index is 2.07. The first-order chi connectivity index (χ1) is 9.65. The van der Waals surface area contributed by atoms with E-state index in [4.69, 9.17) is 21.9 Å². The highest BCUT2D eigenvalue weighted by molar-refractivity contribution is 6.33. The molecule has 2 N–H and O–H groups in total. The predicted molar refractivity (Wildman–Crippen MR) is 74.6 cm³/mol. The number of nitrogens with zero attached hydrogens (tertiary/aromatic N) is 2. The first-order valence-electron chi connectivity index (χ1n) is 5.79. The Morgan fingerprint density at radius 1 is 1.10 bits per heavy atom. The van der Waals surface area contributed by atoms with Crippen LogP contribution in [0.25, 0.3) is 22.8 Å². The lowest BCUT2D eigenvalue weighted by Crippen LogP contribution is -1.90. The number of anilines is 1. The molecule has 0 unspecified atom stereocenters. The van der Waals surface area contributed by atoms with Gasteiger partial charge in [0.05, 0.1) is 10.6 Å². The molecule has 0 radical (unpaired) electrons. The first-order valence-corrected chi connectivity index (χ1v) is 6.17. The summed E-state index contributed by atoms with van der Waals surface area (Å²) in [7, 11) is 0. The second-order valence-electron chi connectivity index (χ2n) is 4.14. The number of hydrogen-bond acceptors (Lipinski definition) is 4. The first kappa shape index (κ1) is 12.6. The van der Waals surface area contributed by atoms with Gasteiger partial charge in [-0.05, 0) is 30.3 Å². The number of benzene rings is 2. The monoisotopic (exact) mass is 289 g/mol. The van der Waals surface area contributed by atoms with Gasteiger partial charge in [0, 0.05) is 11.3 Å². The number of rotatable bonds is 2. The molecule has 6 heteroatoms. The van der Waals surface area contributed by atoms with E-state index in [0.717, 1.165) is 0 Å². The standard InChI is InChI=1S/C14H9ClFN3O/c15-11-4-2-1-3-9(11)13-18-14(20-19-13)10-7-8(17)5-6-12(10)16/h1-7H,17H2. The van der Waals surface area contributed by atoms with Gasteiger partial charge in [0.1, 0.15) is 5.82 Å². The molecular formula is C14H9ClFN3O. The highest BCUT2D eigenvalue weighted by atomic mass is 35.5. The molecule has 0 spiro atoms. The van der Waals surface area contributed by atoms with Crippen molar-refractivity contribution in [3.8, 4) is 22.8 Å². The summed E-state index contributed by atoms with van der Waals surface area (Å²) in [4.78, 5) is 4.16. The van der Waals surface area contributed by atoms with Crippen molar-refractivity contribution in [1.29, 1.82) is 0 Å². The third-order valence-corrected chi connectivity index (χ3v) is 3.09. The number of nitrogens with two attached hydrogens (primary N) is 1. The van der Waals surface area contributed by atoms with Gasteiger partial charge in [0.15, 0.2) is 0 Å². The molecule has 100 valence electrons. The lowest BCUT2D eigenvalue weighted by Gasteiger charge is -1.98. The minimum Gasteiger partial charge on any atom is -0.399 e. The third-order valence-electron chi connectivity index (χ3n) is 2.76. The van der Waals surface area contributed by atoms with E-state index in [-0.39, 0.29) is 11.5 Å². The van der Waals surface area contributed by atoms with Crippen molar-refractivity contribution < 1.29 is 8.91 Å². The topological polar surface area (TPSA) is 64.9 Å². The molecule has 4 nitrogen and oxygen atoms in total. The van der Waals surface area contributed by atoms with Gasteiger partial charge in [-0.15, -0.1) is 0 Å². The fourth-order valence-corrected chi connectivity index (χ4v) is 2.01. The van der Waals surface area contributed by atoms with Gasteiger partial charge in [-0.1, -0.05) is 28.9 Å². The van der Waals surface area contributed by atoms with Gasteiger partial charge in [-0.25, -0.2) is 4.39 Å². The van der Waals surface area contributed by atoms with Gasteiger partial charge < -0.3 is 10.3 Å². The Morgan fingerprint density at radius 2 is 1.90 bits per heavy atom. The van der Waals surface area contributed by atoms with Gasteiger partial charge in [0.25, 0.3) is 5.89 Å². The van der Waals surface area contributed by atoms with E-state index in [1.54, 1.807) is 24.3 Å². The van der Waals surface area contributed by atoms with Crippen molar-refractivity contribution in [2.75, 3.05) is 5.73 Å². The Bertz CT molecular complexity index is 773. The molecule has 0 saturated heterocycles. The highest BCUT2D eigenvalue weighted by Crippen LogP contribution is 2.29. The summed E-state index contributed by atoms with van der Waals surface area (Å²) >= 11 is 6.05. The zero-order chi connectivity index (χ0) is 14.1. The van der Waals surface area contributed by atoms with E-state index in [1.807, 2.05) is 0 Å². The van der Waals surface area contributed by atoms with Crippen molar-refractivity contribution in [2.45, 2.75) is 0 Å². The quantitative estimate of drug-likeness (QED) is 0.729. The summed E-state index contributed by atoms with van der Waals surface area (Å²) < 4.78 is 18.8. The van der Waals surface area contributed by atoms with E-state index in [9.17, 15) is 4.39 Å². The van der Waals surface area contributed by atoms with Crippen LogP contribution in [0.5, 0.6) is 0 Å². The van der Waals surface area contributed by atoms with E-state index < -0.39 is 5.82 Å². The van der Waals surface area contributed by atoms with Crippen LogP contribution in [0.4, 0.5) is 10.1 Å². The van der Waals surface area contributed by atoms with Gasteiger partial charge >= 0.3 is 0 Å². The fraction of sp³-hybridized carbons (Fsp3) is 0. The average Bonchev–Trinajstić information content (AvgIpc) is 2.91. The zero-order valence-electron chi connectivity index (χ0n) is 10.2. The van der Waals surface area contributed by atoms with E-state index in [0.29, 0.717) is 22.1 Å². The molecule has 0 saturated carbocycles. The van der Waals surface area contributed by atoms with Crippen molar-refractivity contribution in [1.82, 2.24) is 10.1 Å². The largest absolute Gasteiger partial charge is 0.399 e. The second-order valence-corrected chi connectivity index (χ2v) is 4.55. The molecule has 0 bridgehead atoms. The minimum atomic E-state index is -0.478. The Morgan fingerprint density at radius 3 is 2.70 bits per heavy atom. The van der Waals surface area contributed by atoms with Crippen molar-refractivity contribution >= 4 is 17.3 Å². The van der Waals surface area contributed by atoms with E-state index in [1.165, 1.54) is 18.2 Å². The van der Waals surface area contributed by atoms with Gasteiger partial charge in [-0.3, -0.25) is 0 Å². The molecule has 0 amide bonds. The second kappa shape index (κ2) is 4.94. The van der Waals surface area contributed by atoms with Crippen molar-refractivity contribution in [3.05, 3.63) is 53.3 Å². The molecular weight excluding hydrogens is 281 g/mol. The van der Waals surface area contributed by atoms with Crippen LogP contribution < -0.4 is 5.73 Å². The number of aromatic nitrogens is 2. The summed E-state index contributed by atoms with van der Waals surface area (Å²) in [5.74, 6) is -0.120. The van der Waals surface area contributed by atoms with E-state index in [2.05, 4.69) is 10.1 Å². The Labute approximate surface area is 119 Å². The third kappa shape index (κ3) is 2.23. The van der Waals surface area contributed by atoms with E-state index >= 15 is 0 Å². The summed E-state index contributed by atoms with van der Waals surface area (Å²) in [6.07, 6.45) is 0. The van der Waals surface area contributed by atoms with Crippen LogP contribution in [-0.4, -0.2) is 10.1 Å². The van der Waals surface area contributed by atoms with Crippen molar-refractivity contribution in [3.63, 3.8) is 0 Å². The summed E-state index contributed by atoms with van der Waals surface area (Å²) in [6.45, 7) is 0. The predicted octanol–water partition coefficient (Wildman–Crippen LogP) is 3.78. The fourth-order valence-electron chi connectivity index (χ4n) is 1.79. The summed E-state index contributed by atoms with van der Waals surface area (Å²) in [5, 5.41) is 4.31. The van der Waals surface area contributed by atoms with Crippen LogP contribution >= 0.6 is 11.6 Å². The molecule has 2 aromatic carbocycles. The molecule has 0 fully saturated rings. The lowest BCUT2D eigenvalue weighted by atomic mass is 10.2. The van der Waals surface area contributed by atoms with Gasteiger partial charge in [-0.2, -0.15) is 4.98 Å². The Hall–Kier alpha value is -2.40. The van der Waals surface area contributed by atoms with Crippen LogP contribution in [0, 0.1) is 5.82 Å². The van der Waals surface area contributed by atoms with Crippen LogP contribution in [-0.2, 0) is 0 Å². The molecule has 1 aromatic heterocycles. The number of halogens is 2. The molecule has 3 aromatic rings. The molecule has 0 aliphatic carbocycles. The Kier molecular flexibility index (Phi) is 3.12. The minimum absolute atomic E-state index is 0.0599. The lowest BCUT2D eigenvalue weighted by molar-refractivity contribution is 0.429. The molecule has 20 heavy (non-hydrogen) atoms. The zero-order valence-corrected chi connectivity index (χ0v) is 10.9. The van der Waals surface area contributed by atoms with Crippen LogP contribution in [0.3, 0.4) is 0 Å². The van der Waals surface area contributed by atoms with Crippen LogP contribution in [0.2, 0.25) is 5.02 Å². The maximum Gasteiger partial charge on any atom is 0.261 e. The SMILES string of the molecule is Nc1ccc(F)c(-c2nc(-c3ccccc3Cl)no2)c1. The molecule has 0 aliphatic rings. The summed E-state index contributed by atoms with van der Waals surface area (Å²) in [6, 6.07) is 11.2. The highest BCUT2D eigenvalue weighted by Gasteiger charge is 2.16. The maximum absolute atomic E-state index is 13.7. The number of nitrogen functional groups attached to an aromatic ring is 1. The maximum atomic E-state index is 13.7. The smallest absolute Gasteiger partial charge is 0.261 e. The molecule has 0 atom stereocenters. The normalized spacial score (nSPS) is 10.7. The van der Waals surface area contributed by atoms with Crippen molar-refractivity contribution in [2.24, 2.45) is 0 Å². The average molecular weight is 290 g/mol. The van der Waals surface area contributed by atoms with Crippen LogP contribution in [0.15, 0.2) is 47.0 Å². The number of hydrogen-bond donors (Lipinski definition) is 1. The molecule has 0 aliphatic heterocycles. The summed E-state index contributed by atoms with van der Waals surface area (Å²) in [5.41, 5.74) is 6.83. The van der Waals surface area contributed by atoms with Crippen LogP contribution in [0.1, 0.15) is 0 Å².